The smallest absolute Gasteiger partial charge is 0.303 e. The fourth-order valence-corrected chi connectivity index (χ4v) is 8.79. The van der Waals surface area contributed by atoms with Crippen LogP contribution in [-0.2, 0) is 21.5 Å². The lowest BCUT2D eigenvalue weighted by molar-refractivity contribution is -0.137. The zero-order chi connectivity index (χ0) is 32.4. The molecule has 2 aliphatic heterocycles. The molecule has 11 heteroatoms. The zero-order valence-electron chi connectivity index (χ0n) is 27.3. The molecule has 3 heterocycles. The molecule has 1 aromatic heterocycles. The van der Waals surface area contributed by atoms with Gasteiger partial charge in [0.15, 0.2) is 0 Å². The molecule has 0 spiro atoms. The van der Waals surface area contributed by atoms with Crippen molar-refractivity contribution in [3.05, 3.63) is 53.1 Å². The summed E-state index contributed by atoms with van der Waals surface area (Å²) in [5, 5.41) is 1.08. The summed E-state index contributed by atoms with van der Waals surface area (Å²) >= 11 is 0. The minimum atomic E-state index is -3.96. The molecule has 2 unspecified atom stereocenters. The molecule has 2 aromatic carbocycles. The normalized spacial score (nSPS) is 23.7. The van der Waals surface area contributed by atoms with Crippen LogP contribution in [0.5, 0.6) is 5.75 Å². The summed E-state index contributed by atoms with van der Waals surface area (Å²) in [6, 6.07) is 11.9. The third-order valence-electron chi connectivity index (χ3n) is 10.9. The number of fused-ring (bicyclic) bond motifs is 7. The fourth-order valence-electron chi connectivity index (χ4n) is 8.25. The van der Waals surface area contributed by atoms with Gasteiger partial charge in [-0.2, -0.15) is 12.7 Å². The van der Waals surface area contributed by atoms with Crippen molar-refractivity contribution in [3.8, 4) is 17.0 Å². The van der Waals surface area contributed by atoms with Crippen LogP contribution in [0.15, 0.2) is 36.4 Å². The molecule has 46 heavy (non-hydrogen) atoms. The van der Waals surface area contributed by atoms with Gasteiger partial charge in [0.1, 0.15) is 5.75 Å². The van der Waals surface area contributed by atoms with E-state index in [-0.39, 0.29) is 17.4 Å². The maximum absolute atomic E-state index is 14.7. The Balaban J connectivity index is 1.42. The number of nitrogens with one attached hydrogen (secondary N) is 1. The van der Waals surface area contributed by atoms with Gasteiger partial charge < -0.3 is 19.1 Å². The van der Waals surface area contributed by atoms with Crippen LogP contribution < -0.4 is 9.46 Å². The zero-order valence-corrected chi connectivity index (χ0v) is 28.2. The SMILES string of the molecule is COc1ccc2c(c1)C1CC1(C(=O)N1CCCN(C)CC1)Cn1c-2c(C2CCCCC2)c2ccc(C(=O)NS(=O)(=O)N(C)C)cc21. The van der Waals surface area contributed by atoms with Gasteiger partial charge in [-0.15, -0.1) is 0 Å². The molecule has 2 atom stereocenters. The molecule has 7 rings (SSSR count). The van der Waals surface area contributed by atoms with E-state index in [0.717, 1.165) is 83.1 Å². The van der Waals surface area contributed by atoms with Gasteiger partial charge in [0, 0.05) is 68.2 Å². The maximum atomic E-state index is 14.7. The van der Waals surface area contributed by atoms with Crippen LogP contribution in [0.1, 0.15) is 78.3 Å². The molecule has 3 fully saturated rings. The first-order chi connectivity index (χ1) is 22.0. The highest BCUT2D eigenvalue weighted by Gasteiger charge is 2.63. The predicted octanol–water partition coefficient (Wildman–Crippen LogP) is 4.55. The predicted molar refractivity (Wildman–Crippen MR) is 178 cm³/mol. The van der Waals surface area contributed by atoms with E-state index in [9.17, 15) is 18.0 Å². The maximum Gasteiger partial charge on any atom is 0.303 e. The van der Waals surface area contributed by atoms with Crippen LogP contribution >= 0.6 is 0 Å². The third kappa shape index (κ3) is 5.20. The number of amides is 2. The first-order valence-electron chi connectivity index (χ1n) is 16.6. The average molecular weight is 648 g/mol. The van der Waals surface area contributed by atoms with E-state index in [0.29, 0.717) is 19.0 Å². The van der Waals surface area contributed by atoms with E-state index in [1.165, 1.54) is 38.9 Å². The molecule has 1 N–H and O–H groups in total. The minimum Gasteiger partial charge on any atom is -0.497 e. The lowest BCUT2D eigenvalue weighted by Crippen LogP contribution is -2.41. The van der Waals surface area contributed by atoms with E-state index in [1.807, 2.05) is 18.2 Å². The second-order valence-electron chi connectivity index (χ2n) is 13.9. The Bertz CT molecular complexity index is 1810. The third-order valence-corrected chi connectivity index (χ3v) is 12.3. The Labute approximate surface area is 271 Å². The Kier molecular flexibility index (Phi) is 7.92. The van der Waals surface area contributed by atoms with Gasteiger partial charge in [0.2, 0.25) is 5.91 Å². The molecule has 3 aromatic rings. The van der Waals surface area contributed by atoms with Crippen LogP contribution in [0.2, 0.25) is 0 Å². The second-order valence-corrected chi connectivity index (χ2v) is 15.8. The Morgan fingerprint density at radius 3 is 2.50 bits per heavy atom. The van der Waals surface area contributed by atoms with Crippen molar-refractivity contribution in [2.45, 2.75) is 63.3 Å². The summed E-state index contributed by atoms with van der Waals surface area (Å²) in [5.41, 5.74) is 5.26. The van der Waals surface area contributed by atoms with Crippen LogP contribution in [0.25, 0.3) is 22.2 Å². The quantitative estimate of drug-likeness (QED) is 0.421. The Hall–Kier alpha value is -3.41. The van der Waals surface area contributed by atoms with Gasteiger partial charge in [-0.05, 0) is 86.7 Å². The number of carbonyl (C=O) groups excluding carboxylic acids is 2. The van der Waals surface area contributed by atoms with Gasteiger partial charge in [-0.1, -0.05) is 25.3 Å². The molecule has 4 aliphatic rings. The van der Waals surface area contributed by atoms with Gasteiger partial charge in [0.05, 0.1) is 18.2 Å². The lowest BCUT2D eigenvalue weighted by atomic mass is 9.81. The number of ether oxygens (including phenoxy) is 1. The molecular weight excluding hydrogens is 602 g/mol. The lowest BCUT2D eigenvalue weighted by Gasteiger charge is -2.27. The molecule has 246 valence electrons. The van der Waals surface area contributed by atoms with Crippen molar-refractivity contribution >= 4 is 32.9 Å². The second kappa shape index (κ2) is 11.7. The van der Waals surface area contributed by atoms with E-state index in [2.05, 4.69) is 38.3 Å². The van der Waals surface area contributed by atoms with Crippen molar-refractivity contribution in [2.24, 2.45) is 5.41 Å². The number of benzene rings is 2. The standard InChI is InChI=1S/C35H45N5O5S/c1-37(2)46(43,44)36-33(41)24-11-13-27-30(19-24)40-22-35(34(42)39-16-8-15-38(3)17-18-39)21-29(35)28-20-25(45-4)12-14-26(28)32(40)31(27)23-9-6-5-7-10-23/h11-14,19-20,23,29H,5-10,15-18,21-22H2,1-4H3,(H,36,41). The van der Waals surface area contributed by atoms with Gasteiger partial charge in [-0.25, -0.2) is 4.72 Å². The van der Waals surface area contributed by atoms with E-state index in [4.69, 9.17) is 4.74 Å². The number of hydrogen-bond donors (Lipinski definition) is 1. The highest BCUT2D eigenvalue weighted by Crippen LogP contribution is 2.66. The number of carbonyl (C=O) groups is 2. The Morgan fingerprint density at radius 2 is 1.76 bits per heavy atom. The monoisotopic (exact) mass is 647 g/mol. The van der Waals surface area contributed by atoms with Crippen LogP contribution in [0, 0.1) is 5.41 Å². The molecular formula is C35H45N5O5S. The molecule has 0 radical (unpaired) electrons. The molecule has 1 saturated heterocycles. The van der Waals surface area contributed by atoms with Crippen molar-refractivity contribution in [1.29, 1.82) is 0 Å². The topological polar surface area (TPSA) is 104 Å². The van der Waals surface area contributed by atoms with Crippen LogP contribution in [0.4, 0.5) is 0 Å². The summed E-state index contributed by atoms with van der Waals surface area (Å²) < 4.78 is 36.3. The van der Waals surface area contributed by atoms with Gasteiger partial charge in [0.25, 0.3) is 5.91 Å². The highest BCUT2D eigenvalue weighted by molar-refractivity contribution is 7.87. The van der Waals surface area contributed by atoms with Crippen molar-refractivity contribution in [3.63, 3.8) is 0 Å². The van der Waals surface area contributed by atoms with Crippen molar-refractivity contribution in [1.82, 2.24) is 23.4 Å². The van der Waals surface area contributed by atoms with Crippen LogP contribution in [0.3, 0.4) is 0 Å². The number of aromatic nitrogens is 1. The fraction of sp³-hybridized carbons (Fsp3) is 0.543. The Morgan fingerprint density at radius 1 is 0.978 bits per heavy atom. The number of hydrogen-bond acceptors (Lipinski definition) is 6. The number of nitrogens with zero attached hydrogens (tertiary/aromatic N) is 4. The highest BCUT2D eigenvalue weighted by atomic mass is 32.2. The summed E-state index contributed by atoms with van der Waals surface area (Å²) in [4.78, 5) is 32.4. The van der Waals surface area contributed by atoms with Crippen LogP contribution in [-0.4, -0.2) is 93.3 Å². The van der Waals surface area contributed by atoms with E-state index < -0.39 is 21.5 Å². The molecule has 2 amide bonds. The molecule has 10 nitrogen and oxygen atoms in total. The molecule has 2 aliphatic carbocycles. The first kappa shape index (κ1) is 31.2. The minimum absolute atomic E-state index is 0.0666. The van der Waals surface area contributed by atoms with Gasteiger partial charge in [-0.3, -0.25) is 9.59 Å². The van der Waals surface area contributed by atoms with Gasteiger partial charge >= 0.3 is 10.2 Å². The summed E-state index contributed by atoms with van der Waals surface area (Å²) in [6.45, 7) is 3.81. The number of likely N-dealkylation sites (N-methyl/N-ethyl adjacent to an activating group) is 1. The first-order valence-corrected chi connectivity index (χ1v) is 18.0. The number of rotatable bonds is 6. The van der Waals surface area contributed by atoms with E-state index in [1.54, 1.807) is 13.2 Å². The molecule has 0 bridgehead atoms. The largest absolute Gasteiger partial charge is 0.497 e. The number of methoxy groups -OCH3 is 1. The average Bonchev–Trinajstić information content (AvgIpc) is 3.76. The van der Waals surface area contributed by atoms with Crippen molar-refractivity contribution < 1.29 is 22.7 Å². The van der Waals surface area contributed by atoms with Crippen molar-refractivity contribution in [2.75, 3.05) is 54.4 Å². The summed E-state index contributed by atoms with van der Waals surface area (Å²) in [6.07, 6.45) is 7.47. The van der Waals surface area contributed by atoms with E-state index >= 15 is 0 Å². The summed E-state index contributed by atoms with van der Waals surface area (Å²) in [5.74, 6) is 0.748. The molecule has 2 saturated carbocycles. The summed E-state index contributed by atoms with van der Waals surface area (Å²) in [7, 11) is 2.61.